The monoisotopic (exact) mass is 485 g/mol. The van der Waals surface area contributed by atoms with Gasteiger partial charge in [0.15, 0.2) is 0 Å². The van der Waals surface area contributed by atoms with Gasteiger partial charge >= 0.3 is 0 Å². The molecule has 0 bridgehead atoms. The minimum absolute atomic E-state index is 1.12. The van der Waals surface area contributed by atoms with Gasteiger partial charge in [-0.25, -0.2) is 0 Å². The predicted octanol–water partition coefficient (Wildman–Crippen LogP) is 9.73. The van der Waals surface area contributed by atoms with E-state index in [1.807, 2.05) is 0 Å². The van der Waals surface area contributed by atoms with Crippen molar-refractivity contribution in [1.82, 2.24) is 0 Å². The van der Waals surface area contributed by atoms with Gasteiger partial charge in [0.05, 0.1) is 0 Å². The Kier molecular flexibility index (Phi) is 8.60. The van der Waals surface area contributed by atoms with E-state index in [-0.39, 0.29) is 0 Å². The first kappa shape index (κ1) is 25.3. The molecule has 0 amide bonds. The van der Waals surface area contributed by atoms with E-state index in [1.54, 1.807) is 0 Å². The number of para-hydroxylation sites is 2. The van der Waals surface area contributed by atoms with Gasteiger partial charge in [0.1, 0.15) is 8.07 Å². The molecular weight excluding hydrogens is 450 g/mol. The molecule has 0 radical (unpaired) electrons. The van der Waals surface area contributed by atoms with Crippen LogP contribution in [0.4, 0.5) is 17.1 Å². The fourth-order valence-corrected chi connectivity index (χ4v) is 6.87. The molecule has 4 aromatic rings. The van der Waals surface area contributed by atoms with Crippen LogP contribution in [0.5, 0.6) is 0 Å². The largest absolute Gasteiger partial charge is 0.311 e. The van der Waals surface area contributed by atoms with Gasteiger partial charge in [-0.05, 0) is 77.8 Å². The Labute approximate surface area is 218 Å². The quantitative estimate of drug-likeness (QED) is 0.136. The van der Waals surface area contributed by atoms with Crippen molar-refractivity contribution in [1.29, 1.82) is 0 Å². The maximum absolute atomic E-state index is 3.68. The molecule has 0 aliphatic rings. The summed E-state index contributed by atoms with van der Waals surface area (Å²) in [5, 5.41) is 0. The molecule has 2 heteroatoms. The van der Waals surface area contributed by atoms with E-state index in [4.69, 9.17) is 0 Å². The van der Waals surface area contributed by atoms with Crippen LogP contribution in [0, 0.1) is 11.5 Å². The van der Waals surface area contributed by atoms with E-state index >= 15 is 0 Å². The van der Waals surface area contributed by atoms with Crippen LogP contribution in [-0.2, 0) is 0 Å². The van der Waals surface area contributed by atoms with Crippen LogP contribution in [-0.4, -0.2) is 8.07 Å². The van der Waals surface area contributed by atoms with Crippen LogP contribution in [0.2, 0.25) is 18.1 Å². The lowest BCUT2D eigenvalue weighted by Gasteiger charge is -2.25. The van der Waals surface area contributed by atoms with Gasteiger partial charge < -0.3 is 4.90 Å². The highest BCUT2D eigenvalue weighted by Gasteiger charge is 2.24. The van der Waals surface area contributed by atoms with E-state index in [0.717, 1.165) is 22.6 Å². The number of anilines is 3. The molecule has 0 N–H and O–H groups in total. The fraction of sp³-hybridized carbons (Fsp3) is 0.176. The summed E-state index contributed by atoms with van der Waals surface area (Å²) in [6.07, 6.45) is 4.34. The van der Waals surface area contributed by atoms with Crippen LogP contribution in [0.1, 0.15) is 37.5 Å². The number of hydrogen-bond donors (Lipinski definition) is 0. The summed E-state index contributed by atoms with van der Waals surface area (Å²) in [4.78, 5) is 2.28. The highest BCUT2D eigenvalue weighted by atomic mass is 28.3. The van der Waals surface area contributed by atoms with E-state index in [0.29, 0.717) is 0 Å². The average molecular weight is 486 g/mol. The lowest BCUT2D eigenvalue weighted by Crippen LogP contribution is -2.29. The van der Waals surface area contributed by atoms with Gasteiger partial charge in [0, 0.05) is 22.6 Å². The second-order valence-corrected chi connectivity index (χ2v) is 14.1. The standard InChI is InChI=1S/C34H35NSi/c1-4-36(5-2,6-3)28-27-31-21-19-29(20-22-31)17-18-30-23-25-34(26-24-30)35(32-13-9-7-10-14-32)33-15-11-8-12-16-33/h7-26H,4-6H2,1-3H3. The third-order valence-corrected chi connectivity index (χ3v) is 11.8. The van der Waals surface area contributed by atoms with Crippen LogP contribution >= 0.6 is 0 Å². The molecule has 36 heavy (non-hydrogen) atoms. The zero-order valence-electron chi connectivity index (χ0n) is 21.6. The summed E-state index contributed by atoms with van der Waals surface area (Å²) < 4.78 is 0. The van der Waals surface area contributed by atoms with Gasteiger partial charge in [-0.2, -0.15) is 0 Å². The van der Waals surface area contributed by atoms with E-state index in [1.165, 1.54) is 29.3 Å². The Hall–Kier alpha value is -3.80. The lowest BCUT2D eigenvalue weighted by molar-refractivity contribution is 1.20. The second-order valence-electron chi connectivity index (χ2n) is 9.14. The molecule has 4 rings (SSSR count). The zero-order chi connectivity index (χ0) is 25.2. The Morgan fingerprint density at radius 2 is 0.972 bits per heavy atom. The molecule has 0 aromatic heterocycles. The van der Waals surface area contributed by atoms with Gasteiger partial charge in [0.2, 0.25) is 0 Å². The van der Waals surface area contributed by atoms with Crippen molar-refractivity contribution in [2.45, 2.75) is 38.9 Å². The van der Waals surface area contributed by atoms with Gasteiger partial charge in [-0.15, -0.1) is 5.54 Å². The predicted molar refractivity (Wildman–Crippen MR) is 161 cm³/mol. The molecule has 0 saturated carbocycles. The molecule has 0 unspecified atom stereocenters. The first-order valence-corrected chi connectivity index (χ1v) is 15.6. The molecule has 0 saturated heterocycles. The maximum Gasteiger partial charge on any atom is 0.138 e. The van der Waals surface area contributed by atoms with Crippen molar-refractivity contribution < 1.29 is 0 Å². The molecule has 0 heterocycles. The number of nitrogens with zero attached hydrogens (tertiary/aromatic N) is 1. The lowest BCUT2D eigenvalue weighted by atomic mass is 10.1. The molecule has 1 nitrogen and oxygen atoms in total. The molecule has 0 fully saturated rings. The SMILES string of the molecule is CC[Si](C#Cc1ccc(C=Cc2ccc(N(c3ccccc3)c3ccccc3)cc2)cc1)(CC)CC. The average Bonchev–Trinajstić information content (AvgIpc) is 2.96. The fourth-order valence-electron chi connectivity index (χ4n) is 4.43. The summed E-state index contributed by atoms with van der Waals surface area (Å²) in [6.45, 7) is 6.90. The topological polar surface area (TPSA) is 3.24 Å². The van der Waals surface area contributed by atoms with E-state index in [2.05, 4.69) is 158 Å². The van der Waals surface area contributed by atoms with Gasteiger partial charge in [0.25, 0.3) is 0 Å². The third-order valence-electron chi connectivity index (χ3n) is 7.06. The summed E-state index contributed by atoms with van der Waals surface area (Å²) in [5.74, 6) is 3.47. The Morgan fingerprint density at radius 3 is 1.42 bits per heavy atom. The minimum atomic E-state index is -1.41. The van der Waals surface area contributed by atoms with Crippen molar-refractivity contribution in [3.8, 4) is 11.5 Å². The van der Waals surface area contributed by atoms with Crippen LogP contribution in [0.25, 0.3) is 12.2 Å². The summed E-state index contributed by atoms with van der Waals surface area (Å²) >= 11 is 0. The van der Waals surface area contributed by atoms with Crippen molar-refractivity contribution >= 4 is 37.3 Å². The highest BCUT2D eigenvalue weighted by molar-refractivity contribution is 6.87. The Balaban J connectivity index is 1.50. The van der Waals surface area contributed by atoms with Gasteiger partial charge in [-0.3, -0.25) is 0 Å². The Bertz CT molecular complexity index is 1260. The smallest absolute Gasteiger partial charge is 0.138 e. The summed E-state index contributed by atoms with van der Waals surface area (Å²) in [5.41, 5.74) is 10.6. The van der Waals surface area contributed by atoms with Crippen molar-refractivity contribution in [2.75, 3.05) is 4.90 Å². The van der Waals surface area contributed by atoms with Crippen LogP contribution in [0.3, 0.4) is 0 Å². The minimum Gasteiger partial charge on any atom is -0.311 e. The molecule has 0 atom stereocenters. The van der Waals surface area contributed by atoms with Crippen LogP contribution in [0.15, 0.2) is 109 Å². The first-order valence-electron chi connectivity index (χ1n) is 13.0. The first-order chi connectivity index (χ1) is 17.7. The van der Waals surface area contributed by atoms with Crippen molar-refractivity contribution in [3.63, 3.8) is 0 Å². The second kappa shape index (κ2) is 12.2. The highest BCUT2D eigenvalue weighted by Crippen LogP contribution is 2.34. The van der Waals surface area contributed by atoms with Crippen molar-refractivity contribution in [3.05, 3.63) is 126 Å². The molecule has 0 spiro atoms. The number of rotatable bonds is 8. The van der Waals surface area contributed by atoms with Crippen molar-refractivity contribution in [2.24, 2.45) is 0 Å². The van der Waals surface area contributed by atoms with Crippen LogP contribution < -0.4 is 4.90 Å². The Morgan fingerprint density at radius 1 is 0.556 bits per heavy atom. The molecule has 0 aliphatic heterocycles. The van der Waals surface area contributed by atoms with E-state index in [9.17, 15) is 0 Å². The number of benzene rings is 4. The maximum atomic E-state index is 3.68. The normalized spacial score (nSPS) is 11.2. The summed E-state index contributed by atoms with van der Waals surface area (Å²) in [7, 11) is -1.41. The van der Waals surface area contributed by atoms with Gasteiger partial charge in [-0.1, -0.05) is 99.5 Å². The number of hydrogen-bond acceptors (Lipinski definition) is 1. The molecule has 180 valence electrons. The van der Waals surface area contributed by atoms with E-state index < -0.39 is 8.07 Å². The summed E-state index contributed by atoms with van der Waals surface area (Å²) in [6, 6.07) is 42.0. The third kappa shape index (κ3) is 6.25. The molecular formula is C34H35NSi. The molecule has 0 aliphatic carbocycles. The molecule has 4 aromatic carbocycles. The zero-order valence-corrected chi connectivity index (χ0v) is 22.6.